The number of hydrogen-bond donors (Lipinski definition) is 2. The molecule has 3 N–H and O–H groups in total. The van der Waals surface area contributed by atoms with Crippen molar-refractivity contribution < 1.29 is 4.79 Å². The fourth-order valence-corrected chi connectivity index (χ4v) is 3.01. The third-order valence-corrected chi connectivity index (χ3v) is 3.99. The van der Waals surface area contributed by atoms with Gasteiger partial charge in [-0.1, -0.05) is 22.9 Å². The van der Waals surface area contributed by atoms with Gasteiger partial charge in [-0.15, -0.1) is 11.3 Å². The fraction of sp³-hybridized carbons (Fsp3) is 0.231. The number of nitrogens with zero attached hydrogens (tertiary/aromatic N) is 1. The Kier molecular flexibility index (Phi) is 4.55. The number of halogens is 1. The molecular weight excluding hydrogens is 326 g/mol. The Labute approximate surface area is 124 Å². The highest BCUT2D eigenvalue weighted by molar-refractivity contribution is 9.10. The Balaban J connectivity index is 2.15. The summed E-state index contributed by atoms with van der Waals surface area (Å²) in [5, 5.41) is 5.79. The number of amides is 1. The van der Waals surface area contributed by atoms with Gasteiger partial charge in [0.25, 0.3) is 5.91 Å². The van der Waals surface area contributed by atoms with Crippen LogP contribution >= 0.6 is 27.3 Å². The summed E-state index contributed by atoms with van der Waals surface area (Å²) in [4.78, 5) is 16.4. The van der Waals surface area contributed by atoms with Crippen molar-refractivity contribution in [3.8, 4) is 0 Å². The van der Waals surface area contributed by atoms with Crippen LogP contribution in [-0.4, -0.2) is 10.9 Å². The van der Waals surface area contributed by atoms with E-state index in [4.69, 9.17) is 5.73 Å². The molecular formula is C13H14BrN3OS. The first-order valence-corrected chi connectivity index (χ1v) is 7.53. The molecule has 1 aromatic heterocycles. The first-order valence-electron chi connectivity index (χ1n) is 5.86. The Morgan fingerprint density at radius 2 is 2.32 bits per heavy atom. The summed E-state index contributed by atoms with van der Waals surface area (Å²) in [6.45, 7) is 2.02. The molecule has 100 valence electrons. The number of benzene rings is 1. The molecule has 2 rings (SSSR count). The largest absolute Gasteiger partial charge is 0.399 e. The van der Waals surface area contributed by atoms with Crippen LogP contribution in [-0.2, 0) is 0 Å². The van der Waals surface area contributed by atoms with E-state index in [2.05, 4.69) is 26.2 Å². The minimum absolute atomic E-state index is 0.0623. The van der Waals surface area contributed by atoms with E-state index in [1.807, 2.05) is 12.3 Å². The molecule has 0 radical (unpaired) electrons. The smallest absolute Gasteiger partial charge is 0.251 e. The number of hydrogen-bond acceptors (Lipinski definition) is 4. The molecule has 0 saturated heterocycles. The van der Waals surface area contributed by atoms with Gasteiger partial charge in [-0.3, -0.25) is 4.79 Å². The number of rotatable bonds is 4. The molecule has 1 aromatic carbocycles. The van der Waals surface area contributed by atoms with Crippen LogP contribution in [0.5, 0.6) is 0 Å². The van der Waals surface area contributed by atoms with Crippen molar-refractivity contribution in [3.63, 3.8) is 0 Å². The summed E-state index contributed by atoms with van der Waals surface area (Å²) >= 11 is 4.87. The quantitative estimate of drug-likeness (QED) is 0.839. The van der Waals surface area contributed by atoms with Gasteiger partial charge in [-0.25, -0.2) is 4.98 Å². The average molecular weight is 340 g/mol. The van der Waals surface area contributed by atoms with Gasteiger partial charge >= 0.3 is 0 Å². The number of carbonyl (C=O) groups is 1. The molecule has 0 saturated carbocycles. The van der Waals surface area contributed by atoms with Gasteiger partial charge in [0.15, 0.2) is 0 Å². The van der Waals surface area contributed by atoms with Crippen LogP contribution in [0, 0.1) is 0 Å². The predicted octanol–water partition coefficient (Wildman–Crippen LogP) is 3.37. The van der Waals surface area contributed by atoms with Crippen LogP contribution in [0.15, 0.2) is 34.2 Å². The number of nitrogen functional groups attached to an aromatic ring is 1. The van der Waals surface area contributed by atoms with Gasteiger partial charge in [0.05, 0.1) is 6.04 Å². The lowest BCUT2D eigenvalue weighted by molar-refractivity contribution is 0.0935. The van der Waals surface area contributed by atoms with E-state index >= 15 is 0 Å². The van der Waals surface area contributed by atoms with Crippen LogP contribution in [0.4, 0.5) is 5.69 Å². The molecule has 1 atom stereocenters. The van der Waals surface area contributed by atoms with Gasteiger partial charge in [0.1, 0.15) is 5.01 Å². The zero-order valence-electron chi connectivity index (χ0n) is 10.4. The van der Waals surface area contributed by atoms with Crippen LogP contribution in [0.1, 0.15) is 34.8 Å². The second-order valence-electron chi connectivity index (χ2n) is 4.08. The minimum Gasteiger partial charge on any atom is -0.399 e. The van der Waals surface area contributed by atoms with E-state index < -0.39 is 0 Å². The number of nitrogens with two attached hydrogens (primary N) is 1. The maximum absolute atomic E-state index is 12.2. The van der Waals surface area contributed by atoms with E-state index in [9.17, 15) is 4.79 Å². The SMILES string of the molecule is CCC(NC(=O)c1cc(N)cc(Br)c1)c1nccs1. The van der Waals surface area contributed by atoms with E-state index in [0.29, 0.717) is 11.3 Å². The predicted molar refractivity (Wildman–Crippen MR) is 81.2 cm³/mol. The first kappa shape index (κ1) is 14.0. The minimum atomic E-state index is -0.143. The molecule has 0 aliphatic carbocycles. The molecule has 1 amide bonds. The lowest BCUT2D eigenvalue weighted by Crippen LogP contribution is -2.28. The number of thiazole rings is 1. The van der Waals surface area contributed by atoms with Crippen molar-refractivity contribution in [2.24, 2.45) is 0 Å². The number of aromatic nitrogens is 1. The lowest BCUT2D eigenvalue weighted by Gasteiger charge is -2.14. The summed E-state index contributed by atoms with van der Waals surface area (Å²) in [5.41, 5.74) is 6.84. The van der Waals surface area contributed by atoms with Gasteiger partial charge < -0.3 is 11.1 Å². The van der Waals surface area contributed by atoms with Crippen molar-refractivity contribution in [3.05, 3.63) is 44.8 Å². The van der Waals surface area contributed by atoms with Crippen molar-refractivity contribution in [1.82, 2.24) is 10.3 Å². The Morgan fingerprint density at radius 3 is 2.89 bits per heavy atom. The second kappa shape index (κ2) is 6.16. The number of carbonyl (C=O) groups excluding carboxylic acids is 1. The van der Waals surface area contributed by atoms with Gasteiger partial charge in [0.2, 0.25) is 0 Å². The zero-order valence-corrected chi connectivity index (χ0v) is 12.8. The molecule has 4 nitrogen and oxygen atoms in total. The van der Waals surface area contributed by atoms with Crippen molar-refractivity contribution in [2.75, 3.05) is 5.73 Å². The molecule has 19 heavy (non-hydrogen) atoms. The topological polar surface area (TPSA) is 68.0 Å². The van der Waals surface area contributed by atoms with E-state index in [0.717, 1.165) is 15.9 Å². The van der Waals surface area contributed by atoms with E-state index in [-0.39, 0.29) is 11.9 Å². The van der Waals surface area contributed by atoms with Crippen LogP contribution < -0.4 is 11.1 Å². The summed E-state index contributed by atoms with van der Waals surface area (Å²) in [7, 11) is 0. The molecule has 0 bridgehead atoms. The Bertz CT molecular complexity index is 551. The molecule has 0 spiro atoms. The average Bonchev–Trinajstić information content (AvgIpc) is 2.88. The molecule has 0 aliphatic heterocycles. The third kappa shape index (κ3) is 3.54. The normalized spacial score (nSPS) is 12.1. The Morgan fingerprint density at radius 1 is 1.53 bits per heavy atom. The second-order valence-corrected chi connectivity index (χ2v) is 5.92. The van der Waals surface area contributed by atoms with Crippen LogP contribution in [0.25, 0.3) is 0 Å². The summed E-state index contributed by atoms with van der Waals surface area (Å²) in [6.07, 6.45) is 2.54. The van der Waals surface area contributed by atoms with Crippen LogP contribution in [0.2, 0.25) is 0 Å². The highest BCUT2D eigenvalue weighted by atomic mass is 79.9. The van der Waals surface area contributed by atoms with Crippen molar-refractivity contribution in [2.45, 2.75) is 19.4 Å². The monoisotopic (exact) mass is 339 g/mol. The molecule has 6 heteroatoms. The fourth-order valence-electron chi connectivity index (χ4n) is 1.73. The maximum Gasteiger partial charge on any atom is 0.251 e. The first-order chi connectivity index (χ1) is 9.10. The summed E-state index contributed by atoms with van der Waals surface area (Å²) < 4.78 is 0.792. The lowest BCUT2D eigenvalue weighted by atomic mass is 10.1. The number of nitrogens with one attached hydrogen (secondary N) is 1. The summed E-state index contributed by atoms with van der Waals surface area (Å²) in [5.74, 6) is -0.143. The van der Waals surface area contributed by atoms with Crippen molar-refractivity contribution >= 4 is 38.9 Å². The molecule has 0 fully saturated rings. The molecule has 1 heterocycles. The van der Waals surface area contributed by atoms with E-state index in [1.54, 1.807) is 24.4 Å². The Hall–Kier alpha value is -1.40. The van der Waals surface area contributed by atoms with Crippen molar-refractivity contribution in [1.29, 1.82) is 0 Å². The van der Waals surface area contributed by atoms with Gasteiger partial charge in [-0.05, 0) is 24.6 Å². The van der Waals surface area contributed by atoms with E-state index in [1.165, 1.54) is 11.3 Å². The molecule has 0 aliphatic rings. The molecule has 2 aromatic rings. The van der Waals surface area contributed by atoms with Gasteiger partial charge in [0, 0.05) is 27.3 Å². The summed E-state index contributed by atoms with van der Waals surface area (Å²) in [6, 6.07) is 5.11. The highest BCUT2D eigenvalue weighted by Crippen LogP contribution is 2.21. The zero-order chi connectivity index (χ0) is 13.8. The standard InChI is InChI=1S/C13H14BrN3OS/c1-2-11(13-16-3-4-19-13)17-12(18)8-5-9(14)7-10(15)6-8/h3-7,11H,2,15H2,1H3,(H,17,18). The third-order valence-electron chi connectivity index (χ3n) is 2.65. The molecule has 1 unspecified atom stereocenters. The number of anilines is 1. The van der Waals surface area contributed by atoms with Gasteiger partial charge in [-0.2, -0.15) is 0 Å². The van der Waals surface area contributed by atoms with Crippen LogP contribution in [0.3, 0.4) is 0 Å². The highest BCUT2D eigenvalue weighted by Gasteiger charge is 2.16. The maximum atomic E-state index is 12.2.